The van der Waals surface area contributed by atoms with E-state index in [1.165, 1.54) is 4.57 Å². The Hall–Kier alpha value is -3.93. The zero-order valence-corrected chi connectivity index (χ0v) is 14.9. The van der Waals surface area contributed by atoms with Crippen molar-refractivity contribution in [3.63, 3.8) is 0 Å². The summed E-state index contributed by atoms with van der Waals surface area (Å²) in [5.41, 5.74) is 2.93. The highest BCUT2D eigenvalue weighted by molar-refractivity contribution is 6.04. The average molecular weight is 371 g/mol. The van der Waals surface area contributed by atoms with Gasteiger partial charge in [-0.25, -0.2) is 4.79 Å². The highest BCUT2D eigenvalue weighted by Gasteiger charge is 2.13. The SMILES string of the molecule is O=C(Nc1ccccc1)c1ccc(Cn2c(-c3ccccc3)noc2=O)cc1. The minimum Gasteiger partial charge on any atom is -0.322 e. The van der Waals surface area contributed by atoms with Crippen molar-refractivity contribution in [1.82, 2.24) is 9.72 Å². The van der Waals surface area contributed by atoms with Crippen LogP contribution in [0.5, 0.6) is 0 Å². The number of para-hydroxylation sites is 1. The molecule has 0 saturated heterocycles. The van der Waals surface area contributed by atoms with Crippen LogP contribution in [0.25, 0.3) is 11.4 Å². The fraction of sp³-hybridized carbons (Fsp3) is 0.0455. The number of nitrogens with zero attached hydrogens (tertiary/aromatic N) is 2. The maximum atomic E-state index is 12.3. The molecule has 0 aliphatic rings. The number of benzene rings is 3. The number of hydrogen-bond acceptors (Lipinski definition) is 4. The lowest BCUT2D eigenvalue weighted by atomic mass is 10.1. The summed E-state index contributed by atoms with van der Waals surface area (Å²) in [6, 6.07) is 25.7. The van der Waals surface area contributed by atoms with Crippen molar-refractivity contribution in [2.24, 2.45) is 0 Å². The van der Waals surface area contributed by atoms with Crippen LogP contribution in [-0.4, -0.2) is 15.6 Å². The molecule has 0 atom stereocenters. The Kier molecular flexibility index (Phi) is 4.84. The molecule has 4 rings (SSSR count). The van der Waals surface area contributed by atoms with E-state index >= 15 is 0 Å². The van der Waals surface area contributed by atoms with Crippen molar-refractivity contribution < 1.29 is 9.32 Å². The highest BCUT2D eigenvalue weighted by atomic mass is 16.5. The Labute approximate surface area is 161 Å². The number of anilines is 1. The van der Waals surface area contributed by atoms with Crippen LogP contribution < -0.4 is 11.1 Å². The van der Waals surface area contributed by atoms with Crippen LogP contribution in [0.3, 0.4) is 0 Å². The Morgan fingerprint density at radius 1 is 0.893 bits per heavy atom. The first-order valence-corrected chi connectivity index (χ1v) is 8.78. The van der Waals surface area contributed by atoms with E-state index in [9.17, 15) is 9.59 Å². The molecule has 138 valence electrons. The molecule has 1 amide bonds. The number of carbonyl (C=O) groups is 1. The van der Waals surface area contributed by atoms with Gasteiger partial charge in [-0.1, -0.05) is 65.8 Å². The van der Waals surface area contributed by atoms with Gasteiger partial charge in [0.05, 0.1) is 6.54 Å². The zero-order chi connectivity index (χ0) is 19.3. The van der Waals surface area contributed by atoms with Crippen LogP contribution in [0, 0.1) is 0 Å². The van der Waals surface area contributed by atoms with E-state index in [4.69, 9.17) is 4.52 Å². The van der Waals surface area contributed by atoms with Gasteiger partial charge in [0, 0.05) is 16.8 Å². The lowest BCUT2D eigenvalue weighted by Gasteiger charge is -2.07. The van der Waals surface area contributed by atoms with E-state index in [0.717, 1.165) is 16.8 Å². The second-order valence-corrected chi connectivity index (χ2v) is 6.24. The molecule has 1 heterocycles. The summed E-state index contributed by atoms with van der Waals surface area (Å²) in [6.07, 6.45) is 0. The number of nitrogens with one attached hydrogen (secondary N) is 1. The molecule has 0 radical (unpaired) electrons. The molecule has 1 N–H and O–H groups in total. The predicted molar refractivity (Wildman–Crippen MR) is 106 cm³/mol. The predicted octanol–water partition coefficient (Wildman–Crippen LogP) is 3.80. The van der Waals surface area contributed by atoms with Gasteiger partial charge in [0.1, 0.15) is 0 Å². The molecule has 28 heavy (non-hydrogen) atoms. The van der Waals surface area contributed by atoms with Gasteiger partial charge < -0.3 is 5.32 Å². The molecule has 0 aliphatic heterocycles. The summed E-state index contributed by atoms with van der Waals surface area (Å²) in [4.78, 5) is 24.4. The summed E-state index contributed by atoms with van der Waals surface area (Å²) < 4.78 is 6.31. The smallest absolute Gasteiger partial charge is 0.322 e. The minimum absolute atomic E-state index is 0.190. The second kappa shape index (κ2) is 7.75. The fourth-order valence-electron chi connectivity index (χ4n) is 2.87. The lowest BCUT2D eigenvalue weighted by molar-refractivity contribution is 0.102. The van der Waals surface area contributed by atoms with Gasteiger partial charge in [-0.2, -0.15) is 0 Å². The summed E-state index contributed by atoms with van der Waals surface area (Å²) in [7, 11) is 0. The maximum Gasteiger partial charge on any atom is 0.442 e. The minimum atomic E-state index is -0.523. The van der Waals surface area contributed by atoms with Gasteiger partial charge in [-0.15, -0.1) is 0 Å². The van der Waals surface area contributed by atoms with Crippen LogP contribution >= 0.6 is 0 Å². The standard InChI is InChI=1S/C22H17N3O3/c26-21(23-19-9-5-2-6-10-19)18-13-11-16(12-14-18)15-25-20(24-28-22(25)27)17-7-3-1-4-8-17/h1-14H,15H2,(H,23,26). The van der Waals surface area contributed by atoms with Crippen molar-refractivity contribution in [2.45, 2.75) is 6.54 Å². The second-order valence-electron chi connectivity index (χ2n) is 6.24. The van der Waals surface area contributed by atoms with Gasteiger partial charge >= 0.3 is 5.76 Å². The maximum absolute atomic E-state index is 12.3. The number of rotatable bonds is 5. The van der Waals surface area contributed by atoms with Crippen LogP contribution in [0.15, 0.2) is 94.2 Å². The van der Waals surface area contributed by atoms with Gasteiger partial charge in [-0.05, 0) is 29.8 Å². The van der Waals surface area contributed by atoms with Gasteiger partial charge in [0.2, 0.25) is 0 Å². The van der Waals surface area contributed by atoms with Gasteiger partial charge in [0.25, 0.3) is 5.91 Å². The summed E-state index contributed by atoms with van der Waals surface area (Å²) in [5.74, 6) is -0.244. The summed E-state index contributed by atoms with van der Waals surface area (Å²) in [5, 5.41) is 6.73. The Balaban J connectivity index is 1.52. The normalized spacial score (nSPS) is 10.6. The average Bonchev–Trinajstić information content (AvgIpc) is 3.10. The van der Waals surface area contributed by atoms with Crippen molar-refractivity contribution in [1.29, 1.82) is 0 Å². The molecule has 3 aromatic carbocycles. The van der Waals surface area contributed by atoms with E-state index in [2.05, 4.69) is 10.5 Å². The van der Waals surface area contributed by atoms with E-state index in [1.807, 2.05) is 72.8 Å². The van der Waals surface area contributed by atoms with E-state index in [1.54, 1.807) is 12.1 Å². The van der Waals surface area contributed by atoms with E-state index in [-0.39, 0.29) is 5.91 Å². The van der Waals surface area contributed by atoms with E-state index < -0.39 is 5.76 Å². The summed E-state index contributed by atoms with van der Waals surface area (Å²) >= 11 is 0. The Morgan fingerprint density at radius 3 is 2.21 bits per heavy atom. The third-order valence-corrected chi connectivity index (χ3v) is 4.31. The monoisotopic (exact) mass is 371 g/mol. The molecular weight excluding hydrogens is 354 g/mol. The molecule has 6 heteroatoms. The third-order valence-electron chi connectivity index (χ3n) is 4.31. The largest absolute Gasteiger partial charge is 0.442 e. The van der Waals surface area contributed by atoms with Crippen molar-refractivity contribution in [3.05, 3.63) is 107 Å². The Bertz CT molecular complexity index is 1130. The zero-order valence-electron chi connectivity index (χ0n) is 14.9. The van der Waals surface area contributed by atoms with Crippen LogP contribution in [0.4, 0.5) is 5.69 Å². The molecule has 0 unspecified atom stereocenters. The number of amides is 1. The van der Waals surface area contributed by atoms with E-state index in [0.29, 0.717) is 17.9 Å². The lowest BCUT2D eigenvalue weighted by Crippen LogP contribution is -2.16. The molecule has 1 aromatic heterocycles. The molecular formula is C22H17N3O3. The van der Waals surface area contributed by atoms with Gasteiger partial charge in [0.15, 0.2) is 5.82 Å². The molecule has 0 saturated carbocycles. The molecule has 6 nitrogen and oxygen atoms in total. The van der Waals surface area contributed by atoms with Crippen LogP contribution in [0.2, 0.25) is 0 Å². The number of hydrogen-bond donors (Lipinski definition) is 1. The van der Waals surface area contributed by atoms with Crippen molar-refractivity contribution in [3.8, 4) is 11.4 Å². The molecule has 0 fully saturated rings. The van der Waals surface area contributed by atoms with Crippen molar-refractivity contribution >= 4 is 11.6 Å². The molecule has 0 bridgehead atoms. The van der Waals surface area contributed by atoms with Gasteiger partial charge in [-0.3, -0.25) is 13.9 Å². The van der Waals surface area contributed by atoms with Crippen LogP contribution in [0.1, 0.15) is 15.9 Å². The fourth-order valence-corrected chi connectivity index (χ4v) is 2.87. The molecule has 0 spiro atoms. The third kappa shape index (κ3) is 3.76. The topological polar surface area (TPSA) is 77.1 Å². The summed E-state index contributed by atoms with van der Waals surface area (Å²) in [6.45, 7) is 0.299. The number of carbonyl (C=O) groups excluding carboxylic acids is 1. The number of aromatic nitrogens is 2. The highest BCUT2D eigenvalue weighted by Crippen LogP contribution is 2.17. The first-order valence-electron chi connectivity index (χ1n) is 8.78. The van der Waals surface area contributed by atoms with Crippen LogP contribution in [-0.2, 0) is 6.54 Å². The quantitative estimate of drug-likeness (QED) is 0.579. The molecule has 4 aromatic rings. The first-order chi connectivity index (χ1) is 13.7. The Morgan fingerprint density at radius 2 is 1.54 bits per heavy atom. The first kappa shape index (κ1) is 17.5. The molecule has 0 aliphatic carbocycles. The van der Waals surface area contributed by atoms with Crippen molar-refractivity contribution in [2.75, 3.05) is 5.32 Å².